The highest BCUT2D eigenvalue weighted by molar-refractivity contribution is 5.72. The van der Waals surface area contributed by atoms with E-state index in [2.05, 4.69) is 5.16 Å². The molecule has 1 N–H and O–H groups in total. The fraction of sp³-hybridized carbons (Fsp3) is 0.0625. The predicted octanol–water partition coefficient (Wildman–Crippen LogP) is 4.06. The molecule has 3 nitrogen and oxygen atoms in total. The van der Waals surface area contributed by atoms with Gasteiger partial charge in [-0.2, -0.15) is 0 Å². The van der Waals surface area contributed by atoms with Gasteiger partial charge < -0.3 is 9.63 Å². The molecular formula is C16H9F4NO2. The molecule has 0 bridgehead atoms. The maximum atomic E-state index is 13.3. The molecule has 0 saturated heterocycles. The summed E-state index contributed by atoms with van der Waals surface area (Å²) in [6, 6.07) is 5.76. The van der Waals surface area contributed by atoms with Gasteiger partial charge in [-0.3, -0.25) is 0 Å². The van der Waals surface area contributed by atoms with Crippen LogP contribution < -0.4 is 0 Å². The van der Waals surface area contributed by atoms with E-state index in [0.717, 1.165) is 24.3 Å². The average Bonchev–Trinajstić information content (AvgIpc) is 2.93. The number of rotatable bonds is 3. The van der Waals surface area contributed by atoms with E-state index in [4.69, 9.17) is 4.52 Å². The van der Waals surface area contributed by atoms with Crippen LogP contribution in [0, 0.1) is 23.3 Å². The number of aliphatic hydroxyl groups is 1. The normalized spacial score (nSPS) is 11.0. The van der Waals surface area contributed by atoms with Gasteiger partial charge in [-0.15, -0.1) is 0 Å². The van der Waals surface area contributed by atoms with Crippen LogP contribution in [0.1, 0.15) is 5.56 Å². The van der Waals surface area contributed by atoms with Crippen molar-refractivity contribution in [1.82, 2.24) is 5.16 Å². The summed E-state index contributed by atoms with van der Waals surface area (Å²) in [4.78, 5) is 0. The molecule has 0 aliphatic carbocycles. The molecule has 2 aromatic carbocycles. The van der Waals surface area contributed by atoms with Gasteiger partial charge in [0.25, 0.3) is 0 Å². The molecule has 0 saturated carbocycles. The van der Waals surface area contributed by atoms with E-state index in [1.165, 1.54) is 6.07 Å². The number of hydrogen-bond donors (Lipinski definition) is 1. The fourth-order valence-electron chi connectivity index (χ4n) is 2.24. The molecule has 0 aliphatic rings. The monoisotopic (exact) mass is 323 g/mol. The average molecular weight is 323 g/mol. The van der Waals surface area contributed by atoms with E-state index >= 15 is 0 Å². The lowest BCUT2D eigenvalue weighted by molar-refractivity contribution is 0.281. The molecule has 23 heavy (non-hydrogen) atoms. The van der Waals surface area contributed by atoms with Crippen LogP contribution in [0.5, 0.6) is 0 Å². The summed E-state index contributed by atoms with van der Waals surface area (Å²) in [5.74, 6) is -3.78. The second-order valence-corrected chi connectivity index (χ2v) is 4.78. The van der Waals surface area contributed by atoms with Crippen LogP contribution in [-0.2, 0) is 6.61 Å². The summed E-state index contributed by atoms with van der Waals surface area (Å²) in [5.41, 5.74) is 0.333. The van der Waals surface area contributed by atoms with E-state index in [9.17, 15) is 22.7 Å². The highest BCUT2D eigenvalue weighted by Gasteiger charge is 2.20. The number of benzene rings is 2. The first-order chi connectivity index (χ1) is 11.0. The Hall–Kier alpha value is -2.67. The lowest BCUT2D eigenvalue weighted by atomic mass is 10.0. The van der Waals surface area contributed by atoms with E-state index < -0.39 is 29.9 Å². The number of nitrogens with zero attached hydrogens (tertiary/aromatic N) is 1. The molecule has 3 rings (SSSR count). The lowest BCUT2D eigenvalue weighted by Crippen LogP contribution is -1.92. The third kappa shape index (κ3) is 2.83. The predicted molar refractivity (Wildman–Crippen MR) is 73.1 cm³/mol. The van der Waals surface area contributed by atoms with Gasteiger partial charge in [0.2, 0.25) is 0 Å². The summed E-state index contributed by atoms with van der Waals surface area (Å²) in [6.07, 6.45) is 0. The minimum Gasteiger partial charge on any atom is -0.391 e. The van der Waals surface area contributed by atoms with Crippen LogP contribution in [0.4, 0.5) is 17.6 Å². The minimum atomic E-state index is -1.10. The van der Waals surface area contributed by atoms with E-state index in [0.29, 0.717) is 6.07 Å². The van der Waals surface area contributed by atoms with Crippen LogP contribution in [-0.4, -0.2) is 10.3 Å². The van der Waals surface area contributed by atoms with Gasteiger partial charge in [0.15, 0.2) is 17.4 Å². The zero-order valence-corrected chi connectivity index (χ0v) is 11.5. The van der Waals surface area contributed by atoms with E-state index in [1.807, 2.05) is 0 Å². The Bertz CT molecular complexity index is 856. The maximum absolute atomic E-state index is 13.3. The number of aromatic nitrogens is 1. The van der Waals surface area contributed by atoms with Crippen molar-refractivity contribution in [2.24, 2.45) is 0 Å². The molecule has 0 amide bonds. The number of halogens is 4. The Morgan fingerprint density at radius 3 is 2.17 bits per heavy atom. The van der Waals surface area contributed by atoms with Crippen LogP contribution in [0.15, 0.2) is 40.9 Å². The molecule has 1 aromatic heterocycles. The van der Waals surface area contributed by atoms with Crippen molar-refractivity contribution in [2.75, 3.05) is 0 Å². The largest absolute Gasteiger partial charge is 0.391 e. The third-order valence-electron chi connectivity index (χ3n) is 3.26. The zero-order valence-electron chi connectivity index (χ0n) is 11.5. The molecule has 0 aliphatic heterocycles. The standard InChI is InChI=1S/C16H9F4NO2/c17-10-3-9(4-11(18)6-10)15-12(7-22)16(23-21-15)8-1-2-13(19)14(20)5-8/h1-6,22H,7H2. The molecular weight excluding hydrogens is 314 g/mol. The summed E-state index contributed by atoms with van der Waals surface area (Å²) < 4.78 is 58.0. The van der Waals surface area contributed by atoms with E-state index in [1.54, 1.807) is 0 Å². The zero-order chi connectivity index (χ0) is 16.6. The van der Waals surface area contributed by atoms with Crippen molar-refractivity contribution in [3.63, 3.8) is 0 Å². The van der Waals surface area contributed by atoms with Crippen LogP contribution in [0.2, 0.25) is 0 Å². The highest BCUT2D eigenvalue weighted by atomic mass is 19.2. The topological polar surface area (TPSA) is 46.3 Å². The van der Waals surface area contributed by atoms with E-state index in [-0.39, 0.29) is 28.1 Å². The Labute approximate surface area is 127 Å². The molecule has 118 valence electrons. The van der Waals surface area contributed by atoms with Crippen LogP contribution >= 0.6 is 0 Å². The highest BCUT2D eigenvalue weighted by Crippen LogP contribution is 2.33. The van der Waals surface area contributed by atoms with Gasteiger partial charge >= 0.3 is 0 Å². The van der Waals surface area contributed by atoms with Crippen LogP contribution in [0.3, 0.4) is 0 Å². The SMILES string of the molecule is OCc1c(-c2cc(F)cc(F)c2)noc1-c1ccc(F)c(F)c1. The molecule has 1 heterocycles. The van der Waals surface area contributed by atoms with Gasteiger partial charge in [-0.05, 0) is 30.3 Å². The first kappa shape index (κ1) is 15.2. The van der Waals surface area contributed by atoms with Gasteiger partial charge in [-0.1, -0.05) is 5.16 Å². The first-order valence-electron chi connectivity index (χ1n) is 6.51. The molecule has 0 unspecified atom stereocenters. The second kappa shape index (κ2) is 5.85. The minimum absolute atomic E-state index is 0.00827. The van der Waals surface area contributed by atoms with Crippen molar-refractivity contribution in [1.29, 1.82) is 0 Å². The van der Waals surface area contributed by atoms with Gasteiger partial charge in [0, 0.05) is 17.2 Å². The van der Waals surface area contributed by atoms with Gasteiger partial charge in [0.1, 0.15) is 17.3 Å². The molecule has 0 radical (unpaired) electrons. The molecule has 0 fully saturated rings. The summed E-state index contributed by atoms with van der Waals surface area (Å²) >= 11 is 0. The Morgan fingerprint density at radius 2 is 1.57 bits per heavy atom. The molecule has 3 aromatic rings. The molecule has 0 atom stereocenters. The Balaban J connectivity index is 2.14. The fourth-order valence-corrected chi connectivity index (χ4v) is 2.24. The second-order valence-electron chi connectivity index (χ2n) is 4.78. The van der Waals surface area contributed by atoms with Crippen molar-refractivity contribution < 1.29 is 27.2 Å². The van der Waals surface area contributed by atoms with Crippen molar-refractivity contribution in [3.05, 3.63) is 65.2 Å². The van der Waals surface area contributed by atoms with Crippen molar-refractivity contribution in [3.8, 4) is 22.6 Å². The smallest absolute Gasteiger partial charge is 0.173 e. The van der Waals surface area contributed by atoms with Crippen molar-refractivity contribution in [2.45, 2.75) is 6.61 Å². The Morgan fingerprint density at radius 1 is 0.870 bits per heavy atom. The Kier molecular flexibility index (Phi) is 3.87. The first-order valence-corrected chi connectivity index (χ1v) is 6.51. The quantitative estimate of drug-likeness (QED) is 0.740. The number of aliphatic hydroxyl groups excluding tert-OH is 1. The summed E-state index contributed by atoms with van der Waals surface area (Å²) in [6.45, 7) is -0.564. The lowest BCUT2D eigenvalue weighted by Gasteiger charge is -2.03. The van der Waals surface area contributed by atoms with Crippen molar-refractivity contribution >= 4 is 0 Å². The molecule has 0 spiro atoms. The number of hydrogen-bond acceptors (Lipinski definition) is 3. The summed E-state index contributed by atoms with van der Waals surface area (Å²) in [5, 5.41) is 13.2. The summed E-state index contributed by atoms with van der Waals surface area (Å²) in [7, 11) is 0. The van der Waals surface area contributed by atoms with Gasteiger partial charge in [-0.25, -0.2) is 17.6 Å². The maximum Gasteiger partial charge on any atom is 0.173 e. The van der Waals surface area contributed by atoms with Crippen LogP contribution in [0.25, 0.3) is 22.6 Å². The van der Waals surface area contributed by atoms with Gasteiger partial charge in [0.05, 0.1) is 12.2 Å². The molecule has 7 heteroatoms. The third-order valence-corrected chi connectivity index (χ3v) is 3.26.